The number of rotatable bonds is 3. The van der Waals surface area contributed by atoms with E-state index in [-0.39, 0.29) is 6.42 Å². The molecule has 1 unspecified atom stereocenters. The fraction of sp³-hybridized carbons (Fsp3) is 0.462. The van der Waals surface area contributed by atoms with Crippen molar-refractivity contribution in [2.24, 2.45) is 5.73 Å². The number of carboxylic acid groups (broad SMARTS) is 1. The minimum absolute atomic E-state index is 0.206. The number of nitrogens with two attached hydrogens (primary N) is 1. The minimum atomic E-state index is -1.04. The molecule has 1 aliphatic heterocycles. The van der Waals surface area contributed by atoms with E-state index in [9.17, 15) is 4.79 Å². The second-order valence-corrected chi connectivity index (χ2v) is 4.91. The molecule has 0 fully saturated rings. The summed E-state index contributed by atoms with van der Waals surface area (Å²) in [7, 11) is 0. The van der Waals surface area contributed by atoms with Crippen molar-refractivity contribution in [1.29, 1.82) is 0 Å². The van der Waals surface area contributed by atoms with E-state index in [1.54, 1.807) is 6.07 Å². The monoisotopic (exact) mass is 285 g/mol. The van der Waals surface area contributed by atoms with Crippen LogP contribution in [0.2, 0.25) is 5.02 Å². The molecule has 5 nitrogen and oxygen atoms in total. The van der Waals surface area contributed by atoms with E-state index >= 15 is 0 Å². The van der Waals surface area contributed by atoms with Crippen LogP contribution in [0.5, 0.6) is 11.5 Å². The van der Waals surface area contributed by atoms with Gasteiger partial charge in [0, 0.05) is 6.42 Å². The van der Waals surface area contributed by atoms with Crippen molar-refractivity contribution in [2.45, 2.75) is 25.8 Å². The summed E-state index contributed by atoms with van der Waals surface area (Å²) < 4.78 is 11.2. The van der Waals surface area contributed by atoms with E-state index in [1.807, 2.05) is 6.92 Å². The molecule has 1 aromatic carbocycles. The third-order valence-electron chi connectivity index (χ3n) is 3.08. The van der Waals surface area contributed by atoms with Crippen molar-refractivity contribution in [1.82, 2.24) is 0 Å². The highest BCUT2D eigenvalue weighted by Crippen LogP contribution is 2.41. The Morgan fingerprint density at radius 1 is 1.47 bits per heavy atom. The van der Waals surface area contributed by atoms with Crippen LogP contribution in [0.4, 0.5) is 0 Å². The highest BCUT2D eigenvalue weighted by Gasteiger charge is 2.22. The lowest BCUT2D eigenvalue weighted by molar-refractivity contribution is -0.138. The number of ether oxygens (including phenoxy) is 2. The Kier molecular flexibility index (Phi) is 4.17. The average molecular weight is 286 g/mol. The molecule has 2 rings (SSSR count). The molecule has 1 heterocycles. The minimum Gasteiger partial charge on any atom is -0.489 e. The van der Waals surface area contributed by atoms with Gasteiger partial charge in [-0.3, -0.25) is 4.79 Å². The summed E-state index contributed by atoms with van der Waals surface area (Å²) in [6.45, 7) is 2.96. The zero-order chi connectivity index (χ0) is 14.0. The normalized spacial score (nSPS) is 15.7. The summed E-state index contributed by atoms with van der Waals surface area (Å²) in [6.07, 6.45) is 0.992. The molecule has 0 spiro atoms. The van der Waals surface area contributed by atoms with Crippen LogP contribution in [0, 0.1) is 6.92 Å². The van der Waals surface area contributed by atoms with E-state index in [0.29, 0.717) is 29.7 Å². The third-order valence-corrected chi connectivity index (χ3v) is 3.37. The predicted molar refractivity (Wildman–Crippen MR) is 71.1 cm³/mol. The largest absolute Gasteiger partial charge is 0.489 e. The van der Waals surface area contributed by atoms with Crippen LogP contribution in [0.1, 0.15) is 17.5 Å². The second-order valence-electron chi connectivity index (χ2n) is 4.50. The molecule has 1 aromatic rings. The first kappa shape index (κ1) is 14.0. The van der Waals surface area contributed by atoms with Crippen molar-refractivity contribution >= 4 is 17.6 Å². The zero-order valence-corrected chi connectivity index (χ0v) is 11.4. The lowest BCUT2D eigenvalue weighted by Gasteiger charge is -2.17. The molecule has 0 aliphatic carbocycles. The summed E-state index contributed by atoms with van der Waals surface area (Å²) in [5.41, 5.74) is 7.16. The molecule has 0 amide bonds. The van der Waals surface area contributed by atoms with Gasteiger partial charge in [-0.2, -0.15) is 0 Å². The number of halogens is 1. The van der Waals surface area contributed by atoms with Gasteiger partial charge in [0.25, 0.3) is 0 Å². The second kappa shape index (κ2) is 5.67. The Bertz CT molecular complexity index is 504. The number of hydrogen-bond acceptors (Lipinski definition) is 4. The zero-order valence-electron chi connectivity index (χ0n) is 10.6. The maximum Gasteiger partial charge on any atom is 0.320 e. The van der Waals surface area contributed by atoms with E-state index in [4.69, 9.17) is 31.9 Å². The first-order valence-corrected chi connectivity index (χ1v) is 6.44. The fourth-order valence-electron chi connectivity index (χ4n) is 2.00. The summed E-state index contributed by atoms with van der Waals surface area (Å²) in [5, 5.41) is 9.30. The average Bonchev–Trinajstić information content (AvgIpc) is 2.61. The Morgan fingerprint density at radius 2 is 2.11 bits per heavy atom. The molecule has 1 aliphatic rings. The van der Waals surface area contributed by atoms with Crippen LogP contribution in [0.15, 0.2) is 6.07 Å². The topological polar surface area (TPSA) is 81.8 Å². The first-order valence-electron chi connectivity index (χ1n) is 6.06. The van der Waals surface area contributed by atoms with Gasteiger partial charge in [-0.1, -0.05) is 11.6 Å². The van der Waals surface area contributed by atoms with E-state index in [2.05, 4.69) is 0 Å². The molecule has 0 saturated carbocycles. The molecule has 6 heteroatoms. The highest BCUT2D eigenvalue weighted by molar-refractivity contribution is 6.32. The predicted octanol–water partition coefficient (Wildman–Crippen LogP) is 1.76. The van der Waals surface area contributed by atoms with Crippen molar-refractivity contribution in [3.8, 4) is 11.5 Å². The molecule has 3 N–H and O–H groups in total. The summed E-state index contributed by atoms with van der Waals surface area (Å²) in [5.74, 6) is 0.0875. The maximum atomic E-state index is 10.8. The fourth-order valence-corrected chi connectivity index (χ4v) is 2.28. The first-order chi connectivity index (χ1) is 9.00. The molecular weight excluding hydrogens is 270 g/mol. The number of hydrogen-bond donors (Lipinski definition) is 2. The quantitative estimate of drug-likeness (QED) is 0.884. The molecular formula is C13H16ClNO4. The van der Waals surface area contributed by atoms with Crippen LogP contribution in [-0.4, -0.2) is 30.3 Å². The van der Waals surface area contributed by atoms with Gasteiger partial charge in [-0.15, -0.1) is 0 Å². The number of carbonyl (C=O) groups is 1. The summed E-state index contributed by atoms with van der Waals surface area (Å²) in [6, 6.07) is 0.743. The molecule has 0 saturated heterocycles. The lowest BCUT2D eigenvalue weighted by atomic mass is 10.00. The SMILES string of the molecule is Cc1c(CC(N)C(=O)O)cc(Cl)c2c1OCCCO2. The van der Waals surface area contributed by atoms with E-state index in [1.165, 1.54) is 0 Å². The molecule has 0 aromatic heterocycles. The van der Waals surface area contributed by atoms with Crippen LogP contribution in [0.3, 0.4) is 0 Å². The Balaban J connectivity index is 2.38. The Morgan fingerprint density at radius 3 is 2.74 bits per heavy atom. The Hall–Kier alpha value is -1.46. The van der Waals surface area contributed by atoms with Crippen molar-refractivity contribution < 1.29 is 19.4 Å². The number of benzene rings is 1. The number of carboxylic acids is 1. The maximum absolute atomic E-state index is 10.8. The van der Waals surface area contributed by atoms with E-state index < -0.39 is 12.0 Å². The van der Waals surface area contributed by atoms with Gasteiger partial charge in [0.15, 0.2) is 11.5 Å². The standard InChI is InChI=1S/C13H16ClNO4/c1-7-8(6-10(15)13(16)17)5-9(14)12-11(7)18-3-2-4-19-12/h5,10H,2-4,6,15H2,1H3,(H,16,17). The van der Waals surface area contributed by atoms with Gasteiger partial charge < -0.3 is 20.3 Å². The van der Waals surface area contributed by atoms with Crippen molar-refractivity contribution in [3.05, 3.63) is 22.2 Å². The lowest BCUT2D eigenvalue weighted by Crippen LogP contribution is -2.32. The number of aliphatic carboxylic acids is 1. The van der Waals surface area contributed by atoms with Gasteiger partial charge in [-0.05, 0) is 30.5 Å². The molecule has 0 bridgehead atoms. The van der Waals surface area contributed by atoms with E-state index in [0.717, 1.165) is 17.5 Å². The van der Waals surface area contributed by atoms with Gasteiger partial charge in [0.2, 0.25) is 0 Å². The van der Waals surface area contributed by atoms with Crippen LogP contribution >= 0.6 is 11.6 Å². The van der Waals surface area contributed by atoms with Crippen molar-refractivity contribution in [2.75, 3.05) is 13.2 Å². The Labute approximate surface area is 116 Å². The molecule has 104 valence electrons. The smallest absolute Gasteiger partial charge is 0.320 e. The summed E-state index contributed by atoms with van der Waals surface area (Å²) in [4.78, 5) is 10.8. The van der Waals surface area contributed by atoms with Gasteiger partial charge in [0.1, 0.15) is 6.04 Å². The number of fused-ring (bicyclic) bond motifs is 1. The molecule has 1 atom stereocenters. The van der Waals surface area contributed by atoms with Crippen molar-refractivity contribution in [3.63, 3.8) is 0 Å². The molecule has 19 heavy (non-hydrogen) atoms. The summed E-state index contributed by atoms with van der Waals surface area (Å²) >= 11 is 6.16. The third kappa shape index (κ3) is 2.93. The van der Waals surface area contributed by atoms with Crippen LogP contribution < -0.4 is 15.2 Å². The highest BCUT2D eigenvalue weighted by atomic mass is 35.5. The van der Waals surface area contributed by atoms with Gasteiger partial charge in [-0.25, -0.2) is 0 Å². The molecule has 0 radical (unpaired) electrons. The van der Waals surface area contributed by atoms with Gasteiger partial charge in [0.05, 0.1) is 18.2 Å². The van der Waals surface area contributed by atoms with Crippen LogP contribution in [0.25, 0.3) is 0 Å². The van der Waals surface area contributed by atoms with Gasteiger partial charge >= 0.3 is 5.97 Å². The van der Waals surface area contributed by atoms with Crippen LogP contribution in [-0.2, 0) is 11.2 Å².